The number of aliphatic hydroxyl groups is 2. The van der Waals surface area contributed by atoms with Gasteiger partial charge in [0.2, 0.25) is 0 Å². The maximum absolute atomic E-state index is 12.0. The molecule has 0 saturated carbocycles. The van der Waals surface area contributed by atoms with Crippen LogP contribution < -0.4 is 9.80 Å². The number of hydrogen-bond acceptors (Lipinski definition) is 10. The zero-order valence-electron chi connectivity index (χ0n) is 22.9. The highest BCUT2D eigenvalue weighted by Gasteiger charge is 2.21. The van der Waals surface area contributed by atoms with E-state index in [-0.39, 0.29) is 13.2 Å². The van der Waals surface area contributed by atoms with Gasteiger partial charge in [0, 0.05) is 89.0 Å². The van der Waals surface area contributed by atoms with Gasteiger partial charge in [-0.1, -0.05) is 36.4 Å². The summed E-state index contributed by atoms with van der Waals surface area (Å²) >= 11 is 0. The summed E-state index contributed by atoms with van der Waals surface area (Å²) in [5, 5.41) is 20.6. The van der Waals surface area contributed by atoms with Crippen LogP contribution in [-0.4, -0.2) is 123 Å². The molecule has 216 valence electrons. The zero-order valence-corrected chi connectivity index (χ0v) is 22.9. The highest BCUT2D eigenvalue weighted by molar-refractivity contribution is 5.91. The molecule has 2 atom stereocenters. The number of para-hydroxylation sites is 2. The number of ether oxygens (including phenoxy) is 2. The Kier molecular flexibility index (Phi) is 11.4. The minimum Gasteiger partial charge on any atom is -0.460 e. The molecule has 2 fully saturated rings. The molecule has 0 amide bonds. The molecule has 10 nitrogen and oxygen atoms in total. The molecule has 2 aliphatic heterocycles. The van der Waals surface area contributed by atoms with Crippen molar-refractivity contribution in [1.82, 2.24) is 9.80 Å². The third-order valence-corrected chi connectivity index (χ3v) is 7.12. The zero-order chi connectivity index (χ0) is 28.2. The summed E-state index contributed by atoms with van der Waals surface area (Å²) < 4.78 is 10.1. The van der Waals surface area contributed by atoms with E-state index in [0.29, 0.717) is 13.1 Å². The molecule has 2 aliphatic rings. The van der Waals surface area contributed by atoms with Crippen LogP contribution in [0.2, 0.25) is 0 Å². The average Bonchev–Trinajstić information content (AvgIpc) is 2.99. The second kappa shape index (κ2) is 15.4. The Morgan fingerprint density at radius 2 is 0.975 bits per heavy atom. The van der Waals surface area contributed by atoms with Gasteiger partial charge in [-0.05, 0) is 24.3 Å². The van der Waals surface area contributed by atoms with E-state index in [1.54, 1.807) is 0 Å². The van der Waals surface area contributed by atoms with Crippen LogP contribution >= 0.6 is 0 Å². The number of nitrogens with zero attached hydrogens (tertiary/aromatic N) is 4. The molecule has 0 aliphatic carbocycles. The number of hydrogen-bond donors (Lipinski definition) is 2. The molecule has 2 N–H and O–H groups in total. The lowest BCUT2D eigenvalue weighted by Gasteiger charge is -2.36. The van der Waals surface area contributed by atoms with Crippen LogP contribution in [0, 0.1) is 0 Å². The van der Waals surface area contributed by atoms with Crippen molar-refractivity contribution >= 4 is 23.3 Å². The number of esters is 2. The Labute approximate surface area is 236 Å². The number of benzene rings is 2. The van der Waals surface area contributed by atoms with Gasteiger partial charge in [0.05, 0.1) is 0 Å². The minimum absolute atomic E-state index is 0.159. The Hall–Kier alpha value is -3.44. The number of rotatable bonds is 12. The van der Waals surface area contributed by atoms with E-state index in [9.17, 15) is 19.8 Å². The van der Waals surface area contributed by atoms with Crippen molar-refractivity contribution in [2.45, 2.75) is 12.2 Å². The average molecular weight is 553 g/mol. The molecule has 0 aromatic heterocycles. The lowest BCUT2D eigenvalue weighted by Crippen LogP contribution is -2.49. The van der Waals surface area contributed by atoms with Gasteiger partial charge in [-0.15, -0.1) is 0 Å². The van der Waals surface area contributed by atoms with E-state index < -0.39 is 24.1 Å². The number of carbonyl (C=O) groups excluding carboxylic acids is 2. The van der Waals surface area contributed by atoms with Gasteiger partial charge in [0.25, 0.3) is 0 Å². The Bertz CT molecular complexity index is 985. The van der Waals surface area contributed by atoms with Crippen molar-refractivity contribution in [1.29, 1.82) is 0 Å². The van der Waals surface area contributed by atoms with E-state index in [2.05, 4.69) is 43.9 Å². The predicted molar refractivity (Wildman–Crippen MR) is 153 cm³/mol. The summed E-state index contributed by atoms with van der Waals surface area (Å²) in [7, 11) is 0. The van der Waals surface area contributed by atoms with Crippen molar-refractivity contribution in [3.8, 4) is 0 Å². The van der Waals surface area contributed by atoms with Gasteiger partial charge >= 0.3 is 11.9 Å². The molecule has 4 rings (SSSR count). The van der Waals surface area contributed by atoms with Crippen molar-refractivity contribution < 1.29 is 29.3 Å². The predicted octanol–water partition coefficient (Wildman–Crippen LogP) is 0.995. The topological polar surface area (TPSA) is 106 Å². The Morgan fingerprint density at radius 3 is 1.32 bits per heavy atom. The molecule has 10 heteroatoms. The molecule has 2 heterocycles. The van der Waals surface area contributed by atoms with Crippen molar-refractivity contribution in [3.05, 3.63) is 72.8 Å². The molecular weight excluding hydrogens is 512 g/mol. The van der Waals surface area contributed by atoms with Crippen molar-refractivity contribution in [3.63, 3.8) is 0 Å². The third kappa shape index (κ3) is 9.63. The Balaban J connectivity index is 1.05. The number of piperazine rings is 2. The smallest absolute Gasteiger partial charge is 0.331 e. The number of carbonyl (C=O) groups is 2. The van der Waals surface area contributed by atoms with Crippen LogP contribution in [0.3, 0.4) is 0 Å². The second-order valence-corrected chi connectivity index (χ2v) is 10.1. The fourth-order valence-electron chi connectivity index (χ4n) is 4.95. The van der Waals surface area contributed by atoms with E-state index in [0.717, 1.165) is 64.5 Å². The summed E-state index contributed by atoms with van der Waals surface area (Å²) in [4.78, 5) is 32.8. The highest BCUT2D eigenvalue weighted by Crippen LogP contribution is 2.16. The van der Waals surface area contributed by atoms with Gasteiger partial charge in [-0.25, -0.2) is 9.59 Å². The van der Waals surface area contributed by atoms with Crippen molar-refractivity contribution in [2.24, 2.45) is 0 Å². The fraction of sp³-hybridized carbons (Fsp3) is 0.467. The van der Waals surface area contributed by atoms with Crippen LogP contribution in [0.15, 0.2) is 72.8 Å². The van der Waals surface area contributed by atoms with E-state index in [1.165, 1.54) is 11.4 Å². The van der Waals surface area contributed by atoms with Crippen LogP contribution in [-0.2, 0) is 19.1 Å². The first-order valence-electron chi connectivity index (χ1n) is 13.9. The molecule has 0 bridgehead atoms. The normalized spacial score (nSPS) is 18.4. The third-order valence-electron chi connectivity index (χ3n) is 7.12. The van der Waals surface area contributed by atoms with Gasteiger partial charge in [0.15, 0.2) is 0 Å². The molecule has 2 aromatic carbocycles. The summed E-state index contributed by atoms with van der Waals surface area (Å²) in [6, 6.07) is 20.4. The first kappa shape index (κ1) is 29.5. The first-order chi connectivity index (χ1) is 19.5. The molecule has 2 aromatic rings. The van der Waals surface area contributed by atoms with Gasteiger partial charge in [0.1, 0.15) is 25.4 Å². The van der Waals surface area contributed by atoms with Crippen LogP contribution in [0.1, 0.15) is 0 Å². The Morgan fingerprint density at radius 1 is 0.625 bits per heavy atom. The first-order valence-corrected chi connectivity index (χ1v) is 13.9. The van der Waals surface area contributed by atoms with Crippen LogP contribution in [0.4, 0.5) is 11.4 Å². The maximum atomic E-state index is 12.0. The van der Waals surface area contributed by atoms with E-state index >= 15 is 0 Å². The summed E-state index contributed by atoms with van der Waals surface area (Å²) in [6.07, 6.45) is 0.306. The van der Waals surface area contributed by atoms with Crippen molar-refractivity contribution in [2.75, 3.05) is 88.5 Å². The fourth-order valence-corrected chi connectivity index (χ4v) is 4.95. The summed E-state index contributed by atoms with van der Waals surface area (Å²) in [5.74, 6) is -1.47. The lowest BCUT2D eigenvalue weighted by atomic mass is 10.2. The van der Waals surface area contributed by atoms with Crippen LogP contribution in [0.5, 0.6) is 0 Å². The molecule has 0 spiro atoms. The van der Waals surface area contributed by atoms with E-state index in [1.807, 2.05) is 36.4 Å². The molecule has 0 unspecified atom stereocenters. The lowest BCUT2D eigenvalue weighted by molar-refractivity contribution is -0.143. The highest BCUT2D eigenvalue weighted by atomic mass is 16.5. The van der Waals surface area contributed by atoms with Gasteiger partial charge < -0.3 is 29.5 Å². The van der Waals surface area contributed by atoms with E-state index in [4.69, 9.17) is 9.47 Å². The minimum atomic E-state index is -0.822. The molecule has 2 saturated heterocycles. The molecule has 0 radical (unpaired) electrons. The number of anilines is 2. The van der Waals surface area contributed by atoms with Gasteiger partial charge in [-0.3, -0.25) is 9.80 Å². The quantitative estimate of drug-likeness (QED) is 0.293. The number of aliphatic hydroxyl groups excluding tert-OH is 2. The summed E-state index contributed by atoms with van der Waals surface area (Å²) in [5.41, 5.74) is 2.38. The molecule has 40 heavy (non-hydrogen) atoms. The van der Waals surface area contributed by atoms with Crippen LogP contribution in [0.25, 0.3) is 0 Å². The SMILES string of the molecule is O=C(/C=C/C(=O)OC[C@@H](O)CN1CCN(c2ccccc2)CC1)OC[C@@H](O)CN1CCN(c2ccccc2)CC1. The number of β-amino-alcohol motifs (C(OH)–C–C–N with tert-alkyl or cyclic N) is 2. The monoisotopic (exact) mass is 552 g/mol. The largest absolute Gasteiger partial charge is 0.460 e. The second-order valence-electron chi connectivity index (χ2n) is 10.1. The molecular formula is C30H40N4O6. The van der Waals surface area contributed by atoms with Gasteiger partial charge in [-0.2, -0.15) is 0 Å². The summed E-state index contributed by atoms with van der Waals surface area (Å²) in [6.45, 7) is 7.16. The standard InChI is InChI=1S/C30H40N4O6/c35-27(21-31-13-17-33(18-14-31)25-7-3-1-4-8-25)23-39-29(37)11-12-30(38)40-24-28(36)22-32-15-19-34(20-16-32)26-9-5-2-6-10-26/h1-12,27-28,35-36H,13-24H2/b12-11+/t27-,28-/m0/s1. The maximum Gasteiger partial charge on any atom is 0.331 e.